The maximum atomic E-state index is 10.8. The summed E-state index contributed by atoms with van der Waals surface area (Å²) in [6.45, 7) is 14.8. The van der Waals surface area contributed by atoms with Gasteiger partial charge in [0.25, 0.3) is 0 Å². The van der Waals surface area contributed by atoms with Crippen LogP contribution in [0.3, 0.4) is 0 Å². The molecule has 7 heteroatoms. The predicted molar refractivity (Wildman–Crippen MR) is 129 cm³/mol. The van der Waals surface area contributed by atoms with Crippen LogP contribution in [0.15, 0.2) is 34.0 Å². The van der Waals surface area contributed by atoms with Gasteiger partial charge >= 0.3 is 16.8 Å². The van der Waals surface area contributed by atoms with E-state index in [1.54, 1.807) is 0 Å². The van der Waals surface area contributed by atoms with Crippen LogP contribution in [0, 0.1) is 0 Å². The second-order valence-corrected chi connectivity index (χ2v) is 8.08. The summed E-state index contributed by atoms with van der Waals surface area (Å²) in [5.74, 6) is -0.467. The number of hydrogen-bond acceptors (Lipinski definition) is 6. The van der Waals surface area contributed by atoms with Gasteiger partial charge in [0.05, 0.1) is 0 Å². The van der Waals surface area contributed by atoms with Gasteiger partial charge in [-0.15, -0.1) is 17.3 Å². The van der Waals surface area contributed by atoms with Crippen LogP contribution in [0.1, 0.15) is 120 Å². The van der Waals surface area contributed by atoms with Gasteiger partial charge in [-0.3, -0.25) is 14.4 Å². The van der Waals surface area contributed by atoms with Gasteiger partial charge in [0.2, 0.25) is 0 Å². The standard InChI is InChI=1S/3C9H16O2.Co/c3*1-4-5-6-9(7(2)10)8(3)11;/h3*10H,4-6H2,1-3H3;/q;;;+3/p-3/b3*9-7-;. The summed E-state index contributed by atoms with van der Waals surface area (Å²) in [5, 5.41) is 32.5. The molecule has 0 aliphatic carbocycles. The Balaban J connectivity index is -0.000000196. The van der Waals surface area contributed by atoms with Crippen molar-refractivity contribution in [1.29, 1.82) is 0 Å². The van der Waals surface area contributed by atoms with Crippen molar-refractivity contribution in [2.45, 2.75) is 120 Å². The molecule has 0 radical (unpaired) electrons. The minimum atomic E-state index is -0.0778. The molecule has 34 heavy (non-hydrogen) atoms. The zero-order chi connectivity index (χ0) is 26.6. The maximum absolute atomic E-state index is 10.8. The predicted octanol–water partition coefficient (Wildman–Crippen LogP) is 4.20. The minimum absolute atomic E-state index is 0. The van der Waals surface area contributed by atoms with E-state index in [0.717, 1.165) is 38.5 Å². The molecule has 0 aliphatic heterocycles. The van der Waals surface area contributed by atoms with Gasteiger partial charge in [0.1, 0.15) is 0 Å². The Morgan fingerprint density at radius 2 is 0.647 bits per heavy atom. The quantitative estimate of drug-likeness (QED) is 0.279. The summed E-state index contributed by atoms with van der Waals surface area (Å²) >= 11 is 0. The van der Waals surface area contributed by atoms with Crippen molar-refractivity contribution in [3.05, 3.63) is 34.0 Å². The molecule has 0 aromatic carbocycles. The molecule has 0 fully saturated rings. The zero-order valence-electron chi connectivity index (χ0n) is 22.6. The van der Waals surface area contributed by atoms with Crippen LogP contribution < -0.4 is 15.3 Å². The number of unbranched alkanes of at least 4 members (excludes halogenated alkanes) is 3. The Morgan fingerprint density at radius 1 is 0.471 bits per heavy atom. The van der Waals surface area contributed by atoms with Crippen molar-refractivity contribution < 1.29 is 46.5 Å². The summed E-state index contributed by atoms with van der Waals surface area (Å²) < 4.78 is 0. The monoisotopic (exact) mass is 524 g/mol. The summed E-state index contributed by atoms with van der Waals surface area (Å²) in [4.78, 5) is 32.5. The number of rotatable bonds is 12. The van der Waals surface area contributed by atoms with Gasteiger partial charge in [-0.05, 0) is 76.0 Å². The molecule has 198 valence electrons. The van der Waals surface area contributed by atoms with E-state index < -0.39 is 0 Å². The minimum Gasteiger partial charge on any atom is -0.875 e. The van der Waals surface area contributed by atoms with E-state index in [-0.39, 0.29) is 51.4 Å². The Hall–Kier alpha value is -1.86. The average molecular weight is 525 g/mol. The summed E-state index contributed by atoms with van der Waals surface area (Å²) in [7, 11) is 0. The number of carbonyl (C=O) groups excluding carboxylic acids is 3. The van der Waals surface area contributed by atoms with Gasteiger partial charge in [-0.25, -0.2) is 0 Å². The van der Waals surface area contributed by atoms with Crippen LogP contribution in [0.4, 0.5) is 0 Å². The van der Waals surface area contributed by atoms with E-state index in [2.05, 4.69) is 0 Å². The number of Topliss-reactive ketones (excluding diaryl/α,β-unsaturated/α-hetero) is 3. The fraction of sp³-hybridized carbons (Fsp3) is 0.667. The van der Waals surface area contributed by atoms with E-state index in [4.69, 9.17) is 0 Å². The van der Waals surface area contributed by atoms with Crippen molar-refractivity contribution in [3.8, 4) is 0 Å². The SMILES string of the molecule is CCCC/C(C(C)=O)=C(\C)[O-].CCCC/C(C(C)=O)=C(\C)[O-].CCCC/C(C(C)=O)=C(\C)[O-].[Co+3]. The van der Waals surface area contributed by atoms with Gasteiger partial charge in [-0.1, -0.05) is 60.8 Å². The summed E-state index contributed by atoms with van der Waals surface area (Å²) in [5.41, 5.74) is 1.39. The Labute approximate surface area is 217 Å². The molecule has 0 aromatic rings. The van der Waals surface area contributed by atoms with Gasteiger partial charge < -0.3 is 15.3 Å². The largest absolute Gasteiger partial charge is 3.00 e. The second kappa shape index (κ2) is 24.3. The molecular formula is C27H45CoO6. The first-order valence-corrected chi connectivity index (χ1v) is 11.9. The number of hydrogen-bond donors (Lipinski definition) is 0. The Bertz CT molecular complexity index is 595. The first kappa shape index (κ1) is 39.4. The van der Waals surface area contributed by atoms with E-state index in [1.165, 1.54) is 41.5 Å². The zero-order valence-corrected chi connectivity index (χ0v) is 23.7. The molecular weight excluding hydrogens is 479 g/mol. The van der Waals surface area contributed by atoms with E-state index in [0.29, 0.717) is 36.0 Å². The summed E-state index contributed by atoms with van der Waals surface area (Å²) in [6.07, 6.45) is 7.75. The van der Waals surface area contributed by atoms with Crippen molar-refractivity contribution >= 4 is 17.3 Å². The van der Waals surface area contributed by atoms with Gasteiger partial charge in [-0.2, -0.15) is 0 Å². The van der Waals surface area contributed by atoms with Gasteiger partial charge in [0.15, 0.2) is 17.3 Å². The molecule has 0 saturated carbocycles. The molecule has 0 amide bonds. The van der Waals surface area contributed by atoms with E-state index in [9.17, 15) is 29.7 Å². The molecule has 0 atom stereocenters. The number of ketones is 3. The van der Waals surface area contributed by atoms with Crippen LogP contribution in [0.25, 0.3) is 0 Å². The molecule has 0 saturated heterocycles. The fourth-order valence-corrected chi connectivity index (χ4v) is 2.86. The molecule has 0 bridgehead atoms. The first-order valence-electron chi connectivity index (χ1n) is 11.9. The van der Waals surface area contributed by atoms with E-state index >= 15 is 0 Å². The normalized spacial score (nSPS) is 12.3. The Morgan fingerprint density at radius 3 is 0.735 bits per heavy atom. The topological polar surface area (TPSA) is 120 Å². The van der Waals surface area contributed by atoms with Crippen LogP contribution in [0.5, 0.6) is 0 Å². The van der Waals surface area contributed by atoms with Gasteiger partial charge in [0, 0.05) is 0 Å². The molecule has 0 aliphatic rings. The van der Waals surface area contributed by atoms with Crippen LogP contribution >= 0.6 is 0 Å². The third kappa shape index (κ3) is 22.0. The van der Waals surface area contributed by atoms with Crippen molar-refractivity contribution in [3.63, 3.8) is 0 Å². The summed E-state index contributed by atoms with van der Waals surface area (Å²) in [6, 6.07) is 0. The molecule has 0 rings (SSSR count). The number of carbonyl (C=O) groups is 3. The van der Waals surface area contributed by atoms with Crippen molar-refractivity contribution in [2.75, 3.05) is 0 Å². The molecule has 0 heterocycles. The maximum Gasteiger partial charge on any atom is 3.00 e. The van der Waals surface area contributed by atoms with Crippen molar-refractivity contribution in [2.24, 2.45) is 0 Å². The third-order valence-corrected chi connectivity index (χ3v) is 4.89. The van der Waals surface area contributed by atoms with Crippen LogP contribution in [-0.4, -0.2) is 17.3 Å². The second-order valence-electron chi connectivity index (χ2n) is 8.08. The molecule has 0 aromatic heterocycles. The molecule has 0 spiro atoms. The first-order chi connectivity index (χ1) is 15.3. The smallest absolute Gasteiger partial charge is 0.875 e. The van der Waals surface area contributed by atoms with Crippen LogP contribution in [0.2, 0.25) is 0 Å². The average Bonchev–Trinajstić information content (AvgIpc) is 2.68. The Kier molecular flexibility index (Phi) is 28.1. The fourth-order valence-electron chi connectivity index (χ4n) is 2.86. The van der Waals surface area contributed by atoms with Crippen molar-refractivity contribution in [1.82, 2.24) is 0 Å². The molecule has 0 N–H and O–H groups in total. The number of allylic oxidation sites excluding steroid dienone is 6. The molecule has 0 unspecified atom stereocenters. The van der Waals surface area contributed by atoms with E-state index in [1.807, 2.05) is 20.8 Å². The van der Waals surface area contributed by atoms with Crippen LogP contribution in [-0.2, 0) is 31.2 Å². The molecule has 6 nitrogen and oxygen atoms in total. The third-order valence-electron chi connectivity index (χ3n) is 4.89.